The van der Waals surface area contributed by atoms with E-state index in [4.69, 9.17) is 0 Å². The summed E-state index contributed by atoms with van der Waals surface area (Å²) < 4.78 is 0. The molecule has 2 aromatic rings. The fourth-order valence-corrected chi connectivity index (χ4v) is 2.59. The molecule has 27 heavy (non-hydrogen) atoms. The largest absolute Gasteiger partial charge is 0.395 e. The maximum Gasteiger partial charge on any atom is 0.254 e. The number of amides is 1. The van der Waals surface area contributed by atoms with Gasteiger partial charge in [0.25, 0.3) is 5.91 Å². The van der Waals surface area contributed by atoms with Crippen LogP contribution in [0.25, 0.3) is 0 Å². The zero-order valence-electron chi connectivity index (χ0n) is 15.3. The van der Waals surface area contributed by atoms with Crippen LogP contribution in [0.15, 0.2) is 66.7 Å². The molecule has 0 bridgehead atoms. The van der Waals surface area contributed by atoms with Gasteiger partial charge in [0.05, 0.1) is 6.61 Å². The second-order valence-corrected chi connectivity index (χ2v) is 6.22. The summed E-state index contributed by atoms with van der Waals surface area (Å²) in [5.41, 5.74) is 2.31. The summed E-state index contributed by atoms with van der Waals surface area (Å²) in [4.78, 5) is 36.9. The van der Waals surface area contributed by atoms with E-state index >= 15 is 0 Å². The first-order valence-corrected chi connectivity index (χ1v) is 8.74. The molecule has 0 unspecified atom stereocenters. The van der Waals surface area contributed by atoms with Crippen LogP contribution in [0.4, 0.5) is 0 Å². The van der Waals surface area contributed by atoms with Gasteiger partial charge in [0.2, 0.25) is 0 Å². The van der Waals surface area contributed by atoms with E-state index in [1.54, 1.807) is 29.2 Å². The number of carbonyl (C=O) groups excluding carboxylic acids is 3. The van der Waals surface area contributed by atoms with Gasteiger partial charge in [-0.25, -0.2) is 0 Å². The van der Waals surface area contributed by atoms with Gasteiger partial charge in [-0.1, -0.05) is 42.5 Å². The fraction of sp³-hybridized carbons (Fsp3) is 0.227. The number of carbonyl (C=O) groups is 3. The van der Waals surface area contributed by atoms with Crippen molar-refractivity contribution >= 4 is 17.5 Å². The lowest BCUT2D eigenvalue weighted by atomic mass is 10.1. The summed E-state index contributed by atoms with van der Waals surface area (Å²) in [6, 6.07) is 16.3. The van der Waals surface area contributed by atoms with Crippen LogP contribution in [0.5, 0.6) is 0 Å². The molecule has 1 N–H and O–H groups in total. The van der Waals surface area contributed by atoms with E-state index in [9.17, 15) is 19.5 Å². The van der Waals surface area contributed by atoms with Crippen molar-refractivity contribution in [3.05, 3.63) is 83.4 Å². The van der Waals surface area contributed by atoms with Crippen molar-refractivity contribution in [2.24, 2.45) is 0 Å². The lowest BCUT2D eigenvalue weighted by molar-refractivity contribution is -0.115. The molecule has 0 radical (unpaired) electrons. The van der Waals surface area contributed by atoms with Gasteiger partial charge in [0.15, 0.2) is 11.6 Å². The van der Waals surface area contributed by atoms with Crippen molar-refractivity contribution in [1.29, 1.82) is 0 Å². The Morgan fingerprint density at radius 2 is 1.56 bits per heavy atom. The molecule has 0 aliphatic rings. The fourth-order valence-electron chi connectivity index (χ4n) is 2.59. The second-order valence-electron chi connectivity index (χ2n) is 6.22. The maximum absolute atomic E-state index is 12.6. The number of ketones is 2. The van der Waals surface area contributed by atoms with E-state index in [1.807, 2.05) is 30.3 Å². The Balaban J connectivity index is 2.03. The molecular weight excluding hydrogens is 342 g/mol. The lowest BCUT2D eigenvalue weighted by Gasteiger charge is -2.22. The monoisotopic (exact) mass is 365 g/mol. The summed E-state index contributed by atoms with van der Waals surface area (Å²) >= 11 is 0. The Labute approximate surface area is 158 Å². The van der Waals surface area contributed by atoms with Gasteiger partial charge in [-0.2, -0.15) is 0 Å². The third-order valence-electron chi connectivity index (χ3n) is 3.96. The highest BCUT2D eigenvalue weighted by Crippen LogP contribution is 2.12. The van der Waals surface area contributed by atoms with Crippen LogP contribution in [0.3, 0.4) is 0 Å². The second kappa shape index (κ2) is 10.2. The van der Waals surface area contributed by atoms with Crippen molar-refractivity contribution in [1.82, 2.24) is 4.90 Å². The molecular formula is C22H23NO4. The third-order valence-corrected chi connectivity index (χ3v) is 3.96. The van der Waals surface area contributed by atoms with Crippen molar-refractivity contribution in [2.75, 3.05) is 13.2 Å². The molecule has 0 aliphatic carbocycles. The number of allylic oxidation sites excluding steroid dienone is 2. The molecule has 0 heterocycles. The van der Waals surface area contributed by atoms with Crippen molar-refractivity contribution in [2.45, 2.75) is 19.9 Å². The first-order valence-electron chi connectivity index (χ1n) is 8.74. The highest BCUT2D eigenvalue weighted by atomic mass is 16.3. The average molecular weight is 365 g/mol. The Bertz CT molecular complexity index is 810. The lowest BCUT2D eigenvalue weighted by Crippen LogP contribution is -2.33. The summed E-state index contributed by atoms with van der Waals surface area (Å²) in [5, 5.41) is 9.28. The number of rotatable bonds is 9. The number of hydrogen-bond donors (Lipinski definition) is 1. The number of hydrogen-bond acceptors (Lipinski definition) is 4. The minimum Gasteiger partial charge on any atom is -0.395 e. The normalized spacial score (nSPS) is 10.7. The zero-order valence-corrected chi connectivity index (χ0v) is 15.3. The van der Waals surface area contributed by atoms with Gasteiger partial charge in [0, 0.05) is 25.1 Å². The van der Waals surface area contributed by atoms with Crippen molar-refractivity contribution in [3.63, 3.8) is 0 Å². The quantitative estimate of drug-likeness (QED) is 0.693. The van der Waals surface area contributed by atoms with Gasteiger partial charge in [-0.05, 0) is 42.3 Å². The van der Waals surface area contributed by atoms with Crippen LogP contribution in [0.2, 0.25) is 0 Å². The third kappa shape index (κ3) is 6.64. The minimum atomic E-state index is -0.161. The highest BCUT2D eigenvalue weighted by Gasteiger charge is 2.15. The van der Waals surface area contributed by atoms with E-state index in [0.717, 1.165) is 11.1 Å². The maximum atomic E-state index is 12.6. The Kier molecular flexibility index (Phi) is 7.64. The minimum absolute atomic E-state index is 0.117. The topological polar surface area (TPSA) is 74.7 Å². The van der Waals surface area contributed by atoms with Gasteiger partial charge < -0.3 is 10.0 Å². The molecule has 1 amide bonds. The van der Waals surface area contributed by atoms with Crippen LogP contribution in [0, 0.1) is 0 Å². The first kappa shape index (κ1) is 20.3. The predicted octanol–water partition coefficient (Wildman–Crippen LogP) is 2.58. The summed E-state index contributed by atoms with van der Waals surface area (Å²) in [7, 11) is 0. The smallest absolute Gasteiger partial charge is 0.254 e. The SMILES string of the molecule is CC(=O)/C=C/C(=O)Cc1ccc(CN(CCO)C(=O)c2ccccc2)cc1. The zero-order chi connectivity index (χ0) is 19.6. The molecule has 0 spiro atoms. The van der Waals surface area contributed by atoms with Crippen LogP contribution < -0.4 is 0 Å². The van der Waals surface area contributed by atoms with E-state index in [2.05, 4.69) is 0 Å². The van der Waals surface area contributed by atoms with Gasteiger partial charge in [-0.3, -0.25) is 14.4 Å². The molecule has 0 aliphatic heterocycles. The molecule has 0 saturated carbocycles. The standard InChI is InChI=1S/C22H23NO4/c1-17(25)7-12-21(26)15-18-8-10-19(11-9-18)16-23(13-14-24)22(27)20-5-3-2-4-6-20/h2-12,24H,13-16H2,1H3/b12-7+. The molecule has 140 valence electrons. The van der Waals surface area contributed by atoms with Gasteiger partial charge >= 0.3 is 0 Å². The molecule has 0 atom stereocenters. The van der Waals surface area contributed by atoms with E-state index < -0.39 is 0 Å². The van der Waals surface area contributed by atoms with Crippen molar-refractivity contribution in [3.8, 4) is 0 Å². The number of benzene rings is 2. The molecule has 5 heteroatoms. The van der Waals surface area contributed by atoms with E-state index in [-0.39, 0.29) is 37.0 Å². The van der Waals surface area contributed by atoms with Gasteiger partial charge in [0.1, 0.15) is 0 Å². The van der Waals surface area contributed by atoms with E-state index in [1.165, 1.54) is 19.1 Å². The van der Waals surface area contributed by atoms with Crippen LogP contribution in [-0.2, 0) is 22.6 Å². The summed E-state index contributed by atoms with van der Waals surface area (Å²) in [5.74, 6) is -0.442. The highest BCUT2D eigenvalue weighted by molar-refractivity contribution is 5.98. The molecule has 5 nitrogen and oxygen atoms in total. The molecule has 2 aromatic carbocycles. The summed E-state index contributed by atoms with van der Waals surface area (Å²) in [6.07, 6.45) is 2.77. The van der Waals surface area contributed by atoms with E-state index in [0.29, 0.717) is 12.1 Å². The number of aliphatic hydroxyl groups is 1. The molecule has 0 saturated heterocycles. The number of aliphatic hydroxyl groups excluding tert-OH is 1. The molecule has 0 fully saturated rings. The van der Waals surface area contributed by atoms with Crippen LogP contribution in [0.1, 0.15) is 28.4 Å². The van der Waals surface area contributed by atoms with Crippen LogP contribution >= 0.6 is 0 Å². The average Bonchev–Trinajstić information content (AvgIpc) is 2.67. The van der Waals surface area contributed by atoms with Crippen LogP contribution in [-0.4, -0.2) is 40.6 Å². The Morgan fingerprint density at radius 3 is 2.15 bits per heavy atom. The predicted molar refractivity (Wildman–Crippen MR) is 103 cm³/mol. The molecule has 2 rings (SSSR count). The molecule has 0 aromatic heterocycles. The summed E-state index contributed by atoms with van der Waals surface area (Å²) in [6.45, 7) is 1.89. The first-order chi connectivity index (χ1) is 13.0. The number of nitrogens with zero attached hydrogens (tertiary/aromatic N) is 1. The Hall–Kier alpha value is -3.05. The van der Waals surface area contributed by atoms with Gasteiger partial charge in [-0.15, -0.1) is 0 Å². The Morgan fingerprint density at radius 1 is 0.926 bits per heavy atom. The van der Waals surface area contributed by atoms with Crippen molar-refractivity contribution < 1.29 is 19.5 Å².